The van der Waals surface area contributed by atoms with Crippen LogP contribution in [0.3, 0.4) is 0 Å². The molecule has 0 unspecified atom stereocenters. The molecule has 0 radical (unpaired) electrons. The van der Waals surface area contributed by atoms with Gasteiger partial charge in [-0.15, -0.1) is 0 Å². The number of rotatable bonds is 1. The van der Waals surface area contributed by atoms with Crippen LogP contribution in [0.4, 0.5) is 0 Å². The van der Waals surface area contributed by atoms with Gasteiger partial charge in [0, 0.05) is 0 Å². The van der Waals surface area contributed by atoms with E-state index in [-0.39, 0.29) is 11.2 Å². The molecule has 2 aliphatic carbocycles. The largest absolute Gasteiger partial charge is 0.295 e. The highest BCUT2D eigenvalue weighted by molar-refractivity contribution is 5.94. The van der Waals surface area contributed by atoms with Gasteiger partial charge in [0.25, 0.3) is 0 Å². The number of hydrogen-bond donors (Lipinski definition) is 0. The standard InChI is InChI=1S/C14H20O/c1-10(15)12-7-6-11-5-4-8-14(2,3)13(11)9-12/h9H,4-8H2,1-3H3. The maximum absolute atomic E-state index is 11.4. The minimum absolute atomic E-state index is 0.253. The molecule has 1 heteroatoms. The van der Waals surface area contributed by atoms with Gasteiger partial charge < -0.3 is 0 Å². The van der Waals surface area contributed by atoms with E-state index in [1.54, 1.807) is 12.5 Å². The first-order valence-electron chi connectivity index (χ1n) is 5.95. The van der Waals surface area contributed by atoms with Gasteiger partial charge in [0.15, 0.2) is 5.78 Å². The topological polar surface area (TPSA) is 17.1 Å². The molecule has 82 valence electrons. The molecule has 0 aromatic carbocycles. The van der Waals surface area contributed by atoms with Crippen LogP contribution in [0.1, 0.15) is 52.9 Å². The summed E-state index contributed by atoms with van der Waals surface area (Å²) >= 11 is 0. The molecule has 0 bridgehead atoms. The van der Waals surface area contributed by atoms with Crippen molar-refractivity contribution < 1.29 is 4.79 Å². The minimum atomic E-state index is 0.253. The van der Waals surface area contributed by atoms with E-state index in [1.165, 1.54) is 24.8 Å². The zero-order valence-corrected chi connectivity index (χ0v) is 10.0. The Balaban J connectivity index is 2.40. The molecule has 0 aromatic heterocycles. The molecule has 0 aliphatic heterocycles. The molecule has 0 spiro atoms. The van der Waals surface area contributed by atoms with Crippen LogP contribution < -0.4 is 0 Å². The summed E-state index contributed by atoms with van der Waals surface area (Å²) in [6.07, 6.45) is 8.08. The quantitative estimate of drug-likeness (QED) is 0.635. The molecular formula is C14H20O. The van der Waals surface area contributed by atoms with E-state index in [9.17, 15) is 4.79 Å². The van der Waals surface area contributed by atoms with Gasteiger partial charge in [0.1, 0.15) is 0 Å². The molecule has 1 nitrogen and oxygen atoms in total. The average Bonchev–Trinajstić information content (AvgIpc) is 2.17. The van der Waals surface area contributed by atoms with Gasteiger partial charge in [-0.05, 0) is 55.6 Å². The van der Waals surface area contributed by atoms with Gasteiger partial charge in [-0.2, -0.15) is 0 Å². The van der Waals surface area contributed by atoms with Gasteiger partial charge >= 0.3 is 0 Å². The second-order valence-corrected chi connectivity index (χ2v) is 5.48. The molecule has 0 saturated heterocycles. The third kappa shape index (κ3) is 1.92. The summed E-state index contributed by atoms with van der Waals surface area (Å²) < 4.78 is 0. The minimum Gasteiger partial charge on any atom is -0.295 e. The second kappa shape index (κ2) is 3.62. The Morgan fingerprint density at radius 2 is 2.00 bits per heavy atom. The molecule has 15 heavy (non-hydrogen) atoms. The van der Waals surface area contributed by atoms with Crippen LogP contribution in [0.15, 0.2) is 22.8 Å². The lowest BCUT2D eigenvalue weighted by atomic mass is 9.69. The number of hydrogen-bond acceptors (Lipinski definition) is 1. The van der Waals surface area contributed by atoms with Gasteiger partial charge in [-0.1, -0.05) is 25.5 Å². The average molecular weight is 204 g/mol. The van der Waals surface area contributed by atoms with E-state index in [4.69, 9.17) is 0 Å². The summed E-state index contributed by atoms with van der Waals surface area (Å²) in [7, 11) is 0. The normalized spacial score (nSPS) is 24.6. The van der Waals surface area contributed by atoms with Crippen molar-refractivity contribution >= 4 is 5.78 Å². The van der Waals surface area contributed by atoms with Crippen LogP contribution in [-0.4, -0.2) is 5.78 Å². The molecule has 2 rings (SSSR count). The Morgan fingerprint density at radius 1 is 1.27 bits per heavy atom. The third-order valence-corrected chi connectivity index (χ3v) is 3.86. The predicted molar refractivity (Wildman–Crippen MR) is 62.7 cm³/mol. The van der Waals surface area contributed by atoms with Crippen molar-refractivity contribution in [3.05, 3.63) is 22.8 Å². The molecule has 0 fully saturated rings. The van der Waals surface area contributed by atoms with Crippen LogP contribution in [0.5, 0.6) is 0 Å². The Bertz CT molecular complexity index is 356. The van der Waals surface area contributed by atoms with Crippen molar-refractivity contribution in [2.75, 3.05) is 0 Å². The monoisotopic (exact) mass is 204 g/mol. The molecule has 0 atom stereocenters. The lowest BCUT2D eigenvalue weighted by molar-refractivity contribution is -0.113. The highest BCUT2D eigenvalue weighted by atomic mass is 16.1. The van der Waals surface area contributed by atoms with Crippen LogP contribution in [0.25, 0.3) is 0 Å². The van der Waals surface area contributed by atoms with E-state index < -0.39 is 0 Å². The van der Waals surface area contributed by atoms with Crippen molar-refractivity contribution in [3.63, 3.8) is 0 Å². The van der Waals surface area contributed by atoms with Gasteiger partial charge in [0.2, 0.25) is 0 Å². The molecule has 0 heterocycles. The highest BCUT2D eigenvalue weighted by Gasteiger charge is 2.30. The van der Waals surface area contributed by atoms with Crippen LogP contribution in [0, 0.1) is 5.41 Å². The Kier molecular flexibility index (Phi) is 2.57. The Hall–Kier alpha value is -0.850. The fraction of sp³-hybridized carbons (Fsp3) is 0.643. The number of ketones is 1. The van der Waals surface area contributed by atoms with Crippen molar-refractivity contribution in [2.24, 2.45) is 5.41 Å². The lowest BCUT2D eigenvalue weighted by Crippen LogP contribution is -2.22. The van der Waals surface area contributed by atoms with Crippen molar-refractivity contribution in [1.29, 1.82) is 0 Å². The summed E-state index contributed by atoms with van der Waals surface area (Å²) in [5.74, 6) is 0.253. The third-order valence-electron chi connectivity index (χ3n) is 3.86. The molecule has 0 amide bonds. The van der Waals surface area contributed by atoms with Gasteiger partial charge in [-0.3, -0.25) is 4.79 Å². The summed E-state index contributed by atoms with van der Waals surface area (Å²) in [4.78, 5) is 11.4. The van der Waals surface area contributed by atoms with Crippen molar-refractivity contribution in [2.45, 2.75) is 52.9 Å². The molecule has 0 aromatic rings. The van der Waals surface area contributed by atoms with Gasteiger partial charge in [-0.25, -0.2) is 0 Å². The van der Waals surface area contributed by atoms with Crippen LogP contribution in [0.2, 0.25) is 0 Å². The van der Waals surface area contributed by atoms with E-state index in [0.29, 0.717) is 0 Å². The zero-order valence-electron chi connectivity index (χ0n) is 10.0. The van der Waals surface area contributed by atoms with Gasteiger partial charge in [0.05, 0.1) is 0 Å². The van der Waals surface area contributed by atoms with Crippen molar-refractivity contribution in [1.82, 2.24) is 0 Å². The Morgan fingerprint density at radius 3 is 2.67 bits per heavy atom. The lowest BCUT2D eigenvalue weighted by Gasteiger charge is -2.36. The van der Waals surface area contributed by atoms with Crippen molar-refractivity contribution in [3.8, 4) is 0 Å². The first-order chi connectivity index (χ1) is 7.00. The predicted octanol–water partition coefficient (Wildman–Crippen LogP) is 3.80. The van der Waals surface area contributed by atoms with E-state index in [1.807, 2.05) is 0 Å². The van der Waals surface area contributed by atoms with Crippen LogP contribution in [-0.2, 0) is 4.79 Å². The maximum atomic E-state index is 11.4. The first kappa shape index (κ1) is 10.7. The van der Waals surface area contributed by atoms with E-state index >= 15 is 0 Å². The fourth-order valence-electron chi connectivity index (χ4n) is 2.86. The summed E-state index contributed by atoms with van der Waals surface area (Å²) in [5, 5.41) is 0. The van der Waals surface area contributed by atoms with E-state index in [2.05, 4.69) is 19.9 Å². The zero-order chi connectivity index (χ0) is 11.1. The number of carbonyl (C=O) groups is 1. The molecule has 0 N–H and O–H groups in total. The molecule has 0 saturated carbocycles. The smallest absolute Gasteiger partial charge is 0.155 e. The highest BCUT2D eigenvalue weighted by Crippen LogP contribution is 2.45. The maximum Gasteiger partial charge on any atom is 0.155 e. The number of allylic oxidation sites excluding steroid dienone is 4. The van der Waals surface area contributed by atoms with Crippen LogP contribution >= 0.6 is 0 Å². The summed E-state index contributed by atoms with van der Waals surface area (Å²) in [6.45, 7) is 6.30. The summed E-state index contributed by atoms with van der Waals surface area (Å²) in [5.41, 5.74) is 4.39. The summed E-state index contributed by atoms with van der Waals surface area (Å²) in [6, 6.07) is 0. The Labute approximate surface area is 92.3 Å². The number of Topliss-reactive ketones (excluding diaryl/α,β-unsaturated/α-hetero) is 1. The second-order valence-electron chi connectivity index (χ2n) is 5.48. The molecular weight excluding hydrogens is 184 g/mol. The SMILES string of the molecule is CC(=O)C1=CC2=C(CCCC2(C)C)CC1. The van der Waals surface area contributed by atoms with E-state index in [0.717, 1.165) is 18.4 Å². The fourth-order valence-corrected chi connectivity index (χ4v) is 2.86. The molecule has 2 aliphatic rings. The first-order valence-corrected chi connectivity index (χ1v) is 5.95. The number of carbonyl (C=O) groups excluding carboxylic acids is 1.